The Bertz CT molecular complexity index is 1290. The van der Waals surface area contributed by atoms with Gasteiger partial charge in [0.25, 0.3) is 0 Å². The molecule has 0 radical (unpaired) electrons. The van der Waals surface area contributed by atoms with Crippen molar-refractivity contribution in [1.82, 2.24) is 0 Å². The summed E-state index contributed by atoms with van der Waals surface area (Å²) in [4.78, 5) is 38.1. The molecule has 1 atom stereocenters. The highest BCUT2D eigenvalue weighted by Crippen LogP contribution is 2.16. The van der Waals surface area contributed by atoms with Crippen LogP contribution in [0.15, 0.2) is 72.9 Å². The Morgan fingerprint density at radius 2 is 0.565 bits per heavy atom. The lowest BCUT2D eigenvalue weighted by molar-refractivity contribution is -0.167. The fourth-order valence-corrected chi connectivity index (χ4v) is 8.29. The molecule has 0 fully saturated rings. The topological polar surface area (TPSA) is 78.9 Å². The Morgan fingerprint density at radius 3 is 0.884 bits per heavy atom. The molecule has 0 aromatic rings. The summed E-state index contributed by atoms with van der Waals surface area (Å²) >= 11 is 0. The normalized spacial score (nSPS) is 12.6. The Labute approximate surface area is 427 Å². The van der Waals surface area contributed by atoms with Crippen LogP contribution in [-0.4, -0.2) is 37.2 Å². The Morgan fingerprint density at radius 1 is 0.304 bits per heavy atom. The van der Waals surface area contributed by atoms with Crippen LogP contribution in [0.5, 0.6) is 0 Å². The number of esters is 3. The lowest BCUT2D eigenvalue weighted by atomic mass is 10.1. The first kappa shape index (κ1) is 65.8. The number of allylic oxidation sites excluding steroid dienone is 12. The Kier molecular flexibility index (Phi) is 54.8. The van der Waals surface area contributed by atoms with Crippen molar-refractivity contribution in [2.45, 2.75) is 297 Å². The van der Waals surface area contributed by atoms with Crippen LogP contribution in [0.4, 0.5) is 0 Å². The Hall–Kier alpha value is -3.15. The summed E-state index contributed by atoms with van der Waals surface area (Å²) in [5, 5.41) is 0. The van der Waals surface area contributed by atoms with Gasteiger partial charge in [-0.15, -0.1) is 0 Å². The van der Waals surface area contributed by atoms with Crippen LogP contribution >= 0.6 is 0 Å². The molecule has 0 saturated heterocycles. The summed E-state index contributed by atoms with van der Waals surface area (Å²) in [6.45, 7) is 6.51. The minimum Gasteiger partial charge on any atom is -0.462 e. The summed E-state index contributed by atoms with van der Waals surface area (Å²) in [5.41, 5.74) is 0. The maximum atomic E-state index is 12.8. The molecule has 0 heterocycles. The van der Waals surface area contributed by atoms with Gasteiger partial charge in [0.2, 0.25) is 0 Å². The van der Waals surface area contributed by atoms with Crippen molar-refractivity contribution < 1.29 is 28.6 Å². The van der Waals surface area contributed by atoms with Crippen molar-refractivity contribution in [3.63, 3.8) is 0 Å². The number of ether oxygens (including phenoxy) is 3. The molecule has 0 aliphatic carbocycles. The molecule has 0 aliphatic rings. The third-order valence-corrected chi connectivity index (χ3v) is 12.7. The molecule has 0 aromatic carbocycles. The van der Waals surface area contributed by atoms with E-state index in [0.29, 0.717) is 19.3 Å². The number of carbonyl (C=O) groups is 3. The van der Waals surface area contributed by atoms with Crippen molar-refractivity contribution in [2.75, 3.05) is 13.2 Å². The van der Waals surface area contributed by atoms with Gasteiger partial charge >= 0.3 is 17.9 Å². The molecule has 0 amide bonds. The van der Waals surface area contributed by atoms with E-state index < -0.39 is 6.10 Å². The second kappa shape index (κ2) is 57.4. The Balaban J connectivity index is 4.24. The van der Waals surface area contributed by atoms with Gasteiger partial charge in [-0.1, -0.05) is 254 Å². The van der Waals surface area contributed by atoms with E-state index in [9.17, 15) is 14.4 Å². The second-order valence-corrected chi connectivity index (χ2v) is 19.5. The number of unbranched alkanes of at least 4 members (excludes halogenated alkanes) is 30. The summed E-state index contributed by atoms with van der Waals surface area (Å²) in [7, 11) is 0. The molecular weight excluding hydrogens is 853 g/mol. The molecule has 0 N–H and O–H groups in total. The average Bonchev–Trinajstić information content (AvgIpc) is 3.35. The van der Waals surface area contributed by atoms with Crippen LogP contribution in [0.2, 0.25) is 0 Å². The molecule has 69 heavy (non-hydrogen) atoms. The predicted octanol–water partition coefficient (Wildman–Crippen LogP) is 19.8. The zero-order valence-corrected chi connectivity index (χ0v) is 45.6. The molecule has 0 aliphatic heterocycles. The standard InChI is InChI=1S/C63H110O6/c1-4-7-10-13-16-19-21-23-25-27-28-29-30-31-32-33-34-36-37-39-41-44-47-50-53-56-62(65)68-59-60(58-67-61(64)55-52-49-46-43-18-15-12-9-6-3)69-63(66)57-54-51-48-45-42-40-38-35-26-24-22-20-17-14-11-8-5-2/h8,11,17,20-21,23-24,26-28,30-31,60H,4-7,9-10,12-16,18-19,22,25,29,32-59H2,1-3H3/b11-8-,20-17-,23-21-,26-24-,28-27-,31-30-. The maximum Gasteiger partial charge on any atom is 0.306 e. The van der Waals surface area contributed by atoms with E-state index in [-0.39, 0.29) is 31.1 Å². The van der Waals surface area contributed by atoms with E-state index in [1.54, 1.807) is 0 Å². The first-order valence-electron chi connectivity index (χ1n) is 29.4. The third-order valence-electron chi connectivity index (χ3n) is 12.7. The number of hydrogen-bond acceptors (Lipinski definition) is 6. The van der Waals surface area contributed by atoms with Crippen LogP contribution in [0.1, 0.15) is 290 Å². The quantitative estimate of drug-likeness (QED) is 0.0262. The highest BCUT2D eigenvalue weighted by atomic mass is 16.6. The summed E-state index contributed by atoms with van der Waals surface area (Å²) in [5.74, 6) is -0.887. The fourth-order valence-electron chi connectivity index (χ4n) is 8.29. The highest BCUT2D eigenvalue weighted by molar-refractivity contribution is 5.71. The minimum atomic E-state index is -0.780. The van der Waals surface area contributed by atoms with Crippen molar-refractivity contribution in [1.29, 1.82) is 0 Å². The lowest BCUT2D eigenvalue weighted by Crippen LogP contribution is -2.30. The van der Waals surface area contributed by atoms with Gasteiger partial charge in [0.05, 0.1) is 0 Å². The van der Waals surface area contributed by atoms with Crippen LogP contribution < -0.4 is 0 Å². The van der Waals surface area contributed by atoms with Gasteiger partial charge in [0.15, 0.2) is 6.10 Å². The minimum absolute atomic E-state index is 0.0789. The zero-order valence-electron chi connectivity index (χ0n) is 45.6. The molecule has 6 nitrogen and oxygen atoms in total. The molecular formula is C63H110O6. The molecule has 0 aromatic heterocycles. The van der Waals surface area contributed by atoms with Gasteiger partial charge in [-0.05, 0) is 89.9 Å². The van der Waals surface area contributed by atoms with E-state index in [2.05, 4.69) is 93.7 Å². The largest absolute Gasteiger partial charge is 0.462 e. The zero-order chi connectivity index (χ0) is 50.0. The molecule has 0 rings (SSSR count). The van der Waals surface area contributed by atoms with Crippen LogP contribution in [0, 0.1) is 0 Å². The number of carbonyl (C=O) groups excluding carboxylic acids is 3. The van der Waals surface area contributed by atoms with E-state index in [1.807, 2.05) is 0 Å². The first-order valence-corrected chi connectivity index (χ1v) is 29.4. The SMILES string of the molecule is CC/C=C\C/C=C\C/C=C\CCCCCCCCCC(=O)OC(COC(=O)CCCCCCCCCCC)COC(=O)CCCCCCCCCCCC/C=C\C/C=C\C/C=C\CCCCCCC. The van der Waals surface area contributed by atoms with Crippen LogP contribution in [0.3, 0.4) is 0 Å². The predicted molar refractivity (Wildman–Crippen MR) is 298 cm³/mol. The van der Waals surface area contributed by atoms with Crippen molar-refractivity contribution >= 4 is 17.9 Å². The van der Waals surface area contributed by atoms with Gasteiger partial charge in [-0.25, -0.2) is 0 Å². The molecule has 398 valence electrons. The average molecular weight is 964 g/mol. The number of hydrogen-bond donors (Lipinski definition) is 0. The van der Waals surface area contributed by atoms with E-state index in [4.69, 9.17) is 14.2 Å². The molecule has 1 unspecified atom stereocenters. The van der Waals surface area contributed by atoms with Crippen molar-refractivity contribution in [3.05, 3.63) is 72.9 Å². The van der Waals surface area contributed by atoms with Gasteiger partial charge in [0.1, 0.15) is 13.2 Å². The van der Waals surface area contributed by atoms with E-state index in [1.165, 1.54) is 154 Å². The van der Waals surface area contributed by atoms with Crippen LogP contribution in [-0.2, 0) is 28.6 Å². The van der Waals surface area contributed by atoms with E-state index >= 15 is 0 Å². The van der Waals surface area contributed by atoms with Gasteiger partial charge in [-0.3, -0.25) is 14.4 Å². The summed E-state index contributed by atoms with van der Waals surface area (Å²) < 4.78 is 16.8. The molecule has 6 heteroatoms. The van der Waals surface area contributed by atoms with Gasteiger partial charge < -0.3 is 14.2 Å². The summed E-state index contributed by atoms with van der Waals surface area (Å²) in [6, 6.07) is 0. The first-order chi connectivity index (χ1) is 34.0. The van der Waals surface area contributed by atoms with Gasteiger partial charge in [-0.2, -0.15) is 0 Å². The smallest absolute Gasteiger partial charge is 0.306 e. The van der Waals surface area contributed by atoms with Crippen LogP contribution in [0.25, 0.3) is 0 Å². The second-order valence-electron chi connectivity index (χ2n) is 19.5. The number of rotatable bonds is 53. The summed E-state index contributed by atoms with van der Waals surface area (Å²) in [6.07, 6.45) is 73.3. The molecule has 0 spiro atoms. The van der Waals surface area contributed by atoms with E-state index in [0.717, 1.165) is 96.3 Å². The van der Waals surface area contributed by atoms with Gasteiger partial charge in [0, 0.05) is 19.3 Å². The van der Waals surface area contributed by atoms with Crippen molar-refractivity contribution in [2.24, 2.45) is 0 Å². The third kappa shape index (κ3) is 55.6. The maximum absolute atomic E-state index is 12.8. The fraction of sp³-hybridized carbons (Fsp3) is 0.762. The highest BCUT2D eigenvalue weighted by Gasteiger charge is 2.19. The van der Waals surface area contributed by atoms with Crippen molar-refractivity contribution in [3.8, 4) is 0 Å². The molecule has 0 saturated carbocycles. The lowest BCUT2D eigenvalue weighted by Gasteiger charge is -2.18. The monoisotopic (exact) mass is 963 g/mol. The molecule has 0 bridgehead atoms.